The molecular formula is C34H67FO10. The first-order valence-corrected chi connectivity index (χ1v) is 17.6. The van der Waals surface area contributed by atoms with Gasteiger partial charge in [0.15, 0.2) is 0 Å². The number of esters is 1. The van der Waals surface area contributed by atoms with E-state index in [1.807, 2.05) is 0 Å². The number of rotatable bonds is 40. The normalized spacial score (nSPS) is 11.4. The van der Waals surface area contributed by atoms with Gasteiger partial charge in [0, 0.05) is 6.42 Å². The number of unbranched alkanes of at least 4 members (excludes halogenated alkanes) is 12. The first-order valence-electron chi connectivity index (χ1n) is 17.6. The summed E-state index contributed by atoms with van der Waals surface area (Å²) in [6.45, 7) is 9.20. The van der Waals surface area contributed by atoms with E-state index in [4.69, 9.17) is 42.6 Å². The quantitative estimate of drug-likeness (QED) is 0.0568. The van der Waals surface area contributed by atoms with Crippen LogP contribution in [0.2, 0.25) is 0 Å². The van der Waals surface area contributed by atoms with Gasteiger partial charge in [-0.1, -0.05) is 84.0 Å². The van der Waals surface area contributed by atoms with Crippen molar-refractivity contribution < 1.29 is 51.8 Å². The molecule has 0 heterocycles. The van der Waals surface area contributed by atoms with E-state index >= 15 is 0 Å². The molecule has 0 aliphatic heterocycles. The van der Waals surface area contributed by atoms with Gasteiger partial charge in [0.25, 0.3) is 0 Å². The molecule has 0 saturated carbocycles. The molecule has 0 saturated heterocycles. The van der Waals surface area contributed by atoms with Gasteiger partial charge < -0.3 is 42.6 Å². The highest BCUT2D eigenvalue weighted by Crippen LogP contribution is 2.13. The van der Waals surface area contributed by atoms with Crippen molar-refractivity contribution in [2.75, 3.05) is 119 Å². The van der Waals surface area contributed by atoms with Crippen LogP contribution < -0.4 is 0 Å². The van der Waals surface area contributed by atoms with Crippen LogP contribution in [0.3, 0.4) is 0 Å². The second kappa shape index (κ2) is 41.1. The van der Waals surface area contributed by atoms with Crippen molar-refractivity contribution >= 4 is 5.97 Å². The molecule has 0 N–H and O–H groups in total. The van der Waals surface area contributed by atoms with Crippen molar-refractivity contribution in [1.82, 2.24) is 0 Å². The summed E-state index contributed by atoms with van der Waals surface area (Å²) in [5.74, 6) is -0.134. The average Bonchev–Trinajstić information content (AvgIpc) is 3.05. The minimum atomic E-state index is -0.474. The Balaban J connectivity index is 3.12. The molecule has 0 unspecified atom stereocenters. The Kier molecular flexibility index (Phi) is 40.3. The highest BCUT2D eigenvalue weighted by molar-refractivity contribution is 5.69. The van der Waals surface area contributed by atoms with E-state index in [-0.39, 0.29) is 19.2 Å². The van der Waals surface area contributed by atoms with Crippen LogP contribution in [0.15, 0.2) is 0 Å². The van der Waals surface area contributed by atoms with Crippen molar-refractivity contribution in [3.8, 4) is 0 Å². The zero-order valence-electron chi connectivity index (χ0n) is 28.6. The summed E-state index contributed by atoms with van der Waals surface area (Å²) in [6.07, 6.45) is 17.3. The van der Waals surface area contributed by atoms with Gasteiger partial charge in [-0.15, -0.1) is 0 Å². The van der Waals surface area contributed by atoms with Crippen LogP contribution in [0.4, 0.5) is 4.39 Å². The maximum Gasteiger partial charge on any atom is 0.305 e. The lowest BCUT2D eigenvalue weighted by Gasteiger charge is -2.09. The third kappa shape index (κ3) is 41.1. The molecule has 0 aromatic carbocycles. The Morgan fingerprint density at radius 2 is 0.644 bits per heavy atom. The predicted molar refractivity (Wildman–Crippen MR) is 174 cm³/mol. The van der Waals surface area contributed by atoms with E-state index in [0.717, 1.165) is 12.8 Å². The summed E-state index contributed by atoms with van der Waals surface area (Å²) < 4.78 is 60.0. The number of carbonyl (C=O) groups is 1. The van der Waals surface area contributed by atoms with Crippen LogP contribution in [-0.4, -0.2) is 125 Å². The predicted octanol–water partition coefficient (Wildman–Crippen LogP) is 6.11. The molecule has 10 nitrogen and oxygen atoms in total. The number of ether oxygens (including phenoxy) is 9. The lowest BCUT2D eigenvalue weighted by molar-refractivity contribution is -0.145. The molecule has 0 amide bonds. The molecule has 0 aromatic heterocycles. The maximum atomic E-state index is 11.8. The molecule has 0 spiro atoms. The Hall–Kier alpha value is -0.920. The van der Waals surface area contributed by atoms with Crippen LogP contribution in [0.25, 0.3) is 0 Å². The zero-order valence-corrected chi connectivity index (χ0v) is 28.6. The third-order valence-electron chi connectivity index (χ3n) is 6.80. The Labute approximate surface area is 273 Å². The van der Waals surface area contributed by atoms with Gasteiger partial charge in [0.2, 0.25) is 0 Å². The number of hydrogen-bond acceptors (Lipinski definition) is 10. The van der Waals surface area contributed by atoms with Gasteiger partial charge in [-0.2, -0.15) is 0 Å². The van der Waals surface area contributed by atoms with Crippen LogP contribution >= 0.6 is 0 Å². The largest absolute Gasteiger partial charge is 0.463 e. The van der Waals surface area contributed by atoms with Crippen molar-refractivity contribution in [1.29, 1.82) is 0 Å². The summed E-state index contributed by atoms with van der Waals surface area (Å²) in [4.78, 5) is 11.8. The molecule has 11 heteroatoms. The van der Waals surface area contributed by atoms with Gasteiger partial charge in [-0.3, -0.25) is 4.79 Å². The van der Waals surface area contributed by atoms with Crippen LogP contribution in [0.1, 0.15) is 96.8 Å². The number of hydrogen-bond donors (Lipinski definition) is 0. The molecule has 0 atom stereocenters. The molecule has 0 aromatic rings. The maximum absolute atomic E-state index is 11.8. The summed E-state index contributed by atoms with van der Waals surface area (Å²) in [5.41, 5.74) is 0. The third-order valence-corrected chi connectivity index (χ3v) is 6.80. The minimum Gasteiger partial charge on any atom is -0.463 e. The fourth-order valence-corrected chi connectivity index (χ4v) is 4.27. The van der Waals surface area contributed by atoms with E-state index in [1.54, 1.807) is 0 Å². The van der Waals surface area contributed by atoms with Crippen molar-refractivity contribution in [2.24, 2.45) is 0 Å². The number of alkyl halides is 1. The SMILES string of the molecule is CCCCCCCCCCCCCCCC(=O)OCCOCCOCCOCCOCCOCCOCCOCCOCCF. The fraction of sp³-hybridized carbons (Fsp3) is 0.971. The smallest absolute Gasteiger partial charge is 0.305 e. The van der Waals surface area contributed by atoms with Gasteiger partial charge in [0.1, 0.15) is 13.3 Å². The molecule has 45 heavy (non-hydrogen) atoms. The lowest BCUT2D eigenvalue weighted by atomic mass is 10.0. The van der Waals surface area contributed by atoms with E-state index < -0.39 is 6.67 Å². The minimum absolute atomic E-state index is 0.114. The van der Waals surface area contributed by atoms with Crippen molar-refractivity contribution in [3.63, 3.8) is 0 Å². The second-order valence-electron chi connectivity index (χ2n) is 10.8. The number of carbonyl (C=O) groups excluding carboxylic acids is 1. The van der Waals surface area contributed by atoms with Crippen molar-refractivity contribution in [3.05, 3.63) is 0 Å². The van der Waals surface area contributed by atoms with E-state index in [9.17, 15) is 9.18 Å². The van der Waals surface area contributed by atoms with Crippen LogP contribution in [0, 0.1) is 0 Å². The van der Waals surface area contributed by atoms with Gasteiger partial charge in [-0.25, -0.2) is 4.39 Å². The molecule has 270 valence electrons. The van der Waals surface area contributed by atoms with Crippen LogP contribution in [-0.2, 0) is 47.4 Å². The first kappa shape index (κ1) is 44.1. The topological polar surface area (TPSA) is 100 Å². The highest BCUT2D eigenvalue weighted by atomic mass is 19.1. The summed E-state index contributed by atoms with van der Waals surface area (Å²) in [7, 11) is 0. The summed E-state index contributed by atoms with van der Waals surface area (Å²) in [5, 5.41) is 0. The van der Waals surface area contributed by atoms with E-state index in [2.05, 4.69) is 6.92 Å². The second-order valence-corrected chi connectivity index (χ2v) is 10.8. The molecule has 0 fully saturated rings. The molecule has 0 rings (SSSR count). The summed E-state index contributed by atoms with van der Waals surface area (Å²) >= 11 is 0. The lowest BCUT2D eigenvalue weighted by Crippen LogP contribution is -2.15. The van der Waals surface area contributed by atoms with E-state index in [0.29, 0.717) is 106 Å². The van der Waals surface area contributed by atoms with E-state index in [1.165, 1.54) is 70.6 Å². The standard InChI is InChI=1S/C34H67FO10/c1-2-3-4-5-6-7-8-9-10-11-12-13-14-15-34(36)45-33-32-44-31-30-43-29-28-42-27-26-41-25-24-40-23-22-39-21-20-38-19-18-37-17-16-35/h2-33H2,1H3. The molecule has 0 radical (unpaired) electrons. The first-order chi connectivity index (χ1) is 22.3. The van der Waals surface area contributed by atoms with Crippen LogP contribution in [0.5, 0.6) is 0 Å². The number of halogens is 1. The van der Waals surface area contributed by atoms with Gasteiger partial charge in [-0.05, 0) is 6.42 Å². The molecule has 0 aliphatic rings. The molecule has 0 aliphatic carbocycles. The Morgan fingerprint density at radius 3 is 0.956 bits per heavy atom. The monoisotopic (exact) mass is 654 g/mol. The van der Waals surface area contributed by atoms with Crippen molar-refractivity contribution in [2.45, 2.75) is 96.8 Å². The summed E-state index contributed by atoms with van der Waals surface area (Å²) in [6, 6.07) is 0. The Bertz CT molecular complexity index is 559. The molecule has 0 bridgehead atoms. The van der Waals surface area contributed by atoms with Gasteiger partial charge in [0.05, 0.1) is 106 Å². The van der Waals surface area contributed by atoms with Gasteiger partial charge >= 0.3 is 5.97 Å². The fourth-order valence-electron chi connectivity index (χ4n) is 4.27. The molecular weight excluding hydrogens is 587 g/mol. The average molecular weight is 655 g/mol. The Morgan fingerprint density at radius 1 is 0.378 bits per heavy atom. The highest BCUT2D eigenvalue weighted by Gasteiger charge is 2.03. The zero-order chi connectivity index (χ0) is 32.6.